The van der Waals surface area contributed by atoms with E-state index in [0.717, 1.165) is 16.9 Å². The molecule has 0 spiro atoms. The third-order valence-corrected chi connectivity index (χ3v) is 5.22. The van der Waals surface area contributed by atoms with Crippen molar-refractivity contribution in [2.45, 2.75) is 52.5 Å². The highest BCUT2D eigenvalue weighted by Crippen LogP contribution is 2.26. The predicted molar refractivity (Wildman–Crippen MR) is 163 cm³/mol. The summed E-state index contributed by atoms with van der Waals surface area (Å²) in [5, 5.41) is 38.3. The maximum absolute atomic E-state index is 10.5. The average Bonchev–Trinajstić information content (AvgIpc) is 2.96. The van der Waals surface area contributed by atoms with Gasteiger partial charge in [-0.05, 0) is 38.5 Å². The number of aliphatic hydroxyl groups excluding tert-OH is 3. The van der Waals surface area contributed by atoms with Gasteiger partial charge in [0, 0.05) is 40.2 Å². The summed E-state index contributed by atoms with van der Waals surface area (Å²) in [5.74, 6) is 2.25. The van der Waals surface area contributed by atoms with E-state index in [2.05, 4.69) is 50.1 Å². The van der Waals surface area contributed by atoms with Gasteiger partial charge in [0.15, 0.2) is 6.29 Å². The van der Waals surface area contributed by atoms with Crippen LogP contribution in [-0.4, -0.2) is 67.9 Å². The van der Waals surface area contributed by atoms with Gasteiger partial charge in [-0.15, -0.1) is 12.3 Å². The summed E-state index contributed by atoms with van der Waals surface area (Å²) in [5.41, 5.74) is 3.17. The lowest BCUT2D eigenvalue weighted by atomic mass is 10.1. The lowest BCUT2D eigenvalue weighted by Crippen LogP contribution is -2.47. The monoisotopic (exact) mass is 540 g/mol. The normalized spacial score (nSPS) is 12.9. The fourth-order valence-corrected chi connectivity index (χ4v) is 3.28. The fourth-order valence-electron chi connectivity index (χ4n) is 3.28. The van der Waals surface area contributed by atoms with Gasteiger partial charge in [0.05, 0.1) is 17.9 Å². The second-order valence-electron chi connectivity index (χ2n) is 8.33. The number of rotatable bonds is 15. The summed E-state index contributed by atoms with van der Waals surface area (Å²) < 4.78 is 4.56. The molecule has 0 fully saturated rings. The lowest BCUT2D eigenvalue weighted by molar-refractivity contribution is -0.0702. The molecular formula is C31H48N4O4. The standard InChI is InChI=1S/C22H32N4O2.C6H12O2.C3H4/c1-3-4-14-24-21(27)15-25-22(28)17-26(16-18-10-6-5-7-11-18)20-13-9-8-12-19(20)23-2;1-3-4-5-6(7)8-2;1-3-2/h3-13,21-25,27-28H,14-17H2,1-2H3;3-4,6-7H,5H2,1-2H3;1H,2H3/b4-3+;4-3-;. The molecule has 0 bridgehead atoms. The Morgan fingerprint density at radius 3 is 2.15 bits per heavy atom. The molecule has 3 unspecified atom stereocenters. The topological polar surface area (TPSA) is 109 Å². The Morgan fingerprint density at radius 2 is 1.56 bits per heavy atom. The summed E-state index contributed by atoms with van der Waals surface area (Å²) in [7, 11) is 3.37. The third kappa shape index (κ3) is 17.9. The van der Waals surface area contributed by atoms with Crippen LogP contribution < -0.4 is 20.9 Å². The van der Waals surface area contributed by atoms with E-state index in [1.165, 1.54) is 7.11 Å². The summed E-state index contributed by atoms with van der Waals surface area (Å²) in [6.45, 7) is 7.38. The Balaban J connectivity index is 0.00000111. The van der Waals surface area contributed by atoms with Gasteiger partial charge in [0.1, 0.15) is 12.5 Å². The van der Waals surface area contributed by atoms with E-state index in [4.69, 9.17) is 5.11 Å². The van der Waals surface area contributed by atoms with E-state index in [1.807, 2.05) is 87.7 Å². The lowest BCUT2D eigenvalue weighted by Gasteiger charge is -2.30. The zero-order chi connectivity index (χ0) is 29.3. The Morgan fingerprint density at radius 1 is 0.949 bits per heavy atom. The third-order valence-electron chi connectivity index (χ3n) is 5.22. The van der Waals surface area contributed by atoms with Crippen LogP contribution in [0.25, 0.3) is 0 Å². The molecule has 3 atom stereocenters. The zero-order valence-electron chi connectivity index (χ0n) is 24.0. The molecule has 0 aliphatic rings. The van der Waals surface area contributed by atoms with E-state index >= 15 is 0 Å². The molecule has 2 rings (SSSR count). The van der Waals surface area contributed by atoms with Crippen LogP contribution in [0.5, 0.6) is 0 Å². The first kappa shape index (κ1) is 35.8. The number of para-hydroxylation sites is 2. The number of nitrogens with zero attached hydrogens (tertiary/aromatic N) is 1. The van der Waals surface area contributed by atoms with Gasteiger partial charge in [0.25, 0.3) is 0 Å². The van der Waals surface area contributed by atoms with Crippen LogP contribution in [0.4, 0.5) is 11.4 Å². The van der Waals surface area contributed by atoms with Crippen LogP contribution in [0.3, 0.4) is 0 Å². The number of allylic oxidation sites excluding steroid dienone is 2. The molecule has 8 heteroatoms. The zero-order valence-corrected chi connectivity index (χ0v) is 24.0. The Bertz CT molecular complexity index is 947. The summed E-state index contributed by atoms with van der Waals surface area (Å²) in [6.07, 6.45) is 10.6. The van der Waals surface area contributed by atoms with Crippen molar-refractivity contribution in [3.8, 4) is 12.3 Å². The average molecular weight is 541 g/mol. The largest absolute Gasteiger partial charge is 0.386 e. The number of benzene rings is 2. The number of aliphatic hydroxyl groups is 3. The molecule has 6 N–H and O–H groups in total. The van der Waals surface area contributed by atoms with E-state index in [1.54, 1.807) is 6.92 Å². The van der Waals surface area contributed by atoms with Gasteiger partial charge in [0.2, 0.25) is 0 Å². The predicted octanol–water partition coefficient (Wildman–Crippen LogP) is 3.68. The van der Waals surface area contributed by atoms with Gasteiger partial charge >= 0.3 is 0 Å². The highest BCUT2D eigenvalue weighted by atomic mass is 16.6. The first-order valence-corrected chi connectivity index (χ1v) is 13.1. The molecule has 216 valence electrons. The summed E-state index contributed by atoms with van der Waals surface area (Å²) >= 11 is 0. The second-order valence-corrected chi connectivity index (χ2v) is 8.33. The number of anilines is 2. The SMILES string of the molecule is C#CC.C/C=C/CNC(O)CNC(O)CN(Cc1ccccc1)c1ccccc1NC.C/C=C\CC(O)OC. The maximum atomic E-state index is 10.5. The minimum atomic E-state index is -0.785. The van der Waals surface area contributed by atoms with Crippen LogP contribution in [0.2, 0.25) is 0 Å². The van der Waals surface area contributed by atoms with Gasteiger partial charge in [-0.3, -0.25) is 10.6 Å². The van der Waals surface area contributed by atoms with Crippen molar-refractivity contribution >= 4 is 11.4 Å². The smallest absolute Gasteiger partial charge is 0.157 e. The van der Waals surface area contributed by atoms with Gasteiger partial charge in [-0.25, -0.2) is 0 Å². The van der Waals surface area contributed by atoms with Crippen LogP contribution >= 0.6 is 0 Å². The molecule has 2 aromatic rings. The van der Waals surface area contributed by atoms with E-state index in [0.29, 0.717) is 26.1 Å². The molecule has 8 nitrogen and oxygen atoms in total. The number of nitrogens with one attached hydrogen (secondary N) is 3. The van der Waals surface area contributed by atoms with Crippen LogP contribution in [-0.2, 0) is 11.3 Å². The van der Waals surface area contributed by atoms with Gasteiger partial charge in [-0.1, -0.05) is 66.8 Å². The van der Waals surface area contributed by atoms with Crippen molar-refractivity contribution in [1.29, 1.82) is 0 Å². The molecule has 0 aromatic heterocycles. The minimum absolute atomic E-state index is 0.256. The van der Waals surface area contributed by atoms with Crippen LogP contribution in [0.15, 0.2) is 78.9 Å². The first-order chi connectivity index (χ1) is 18.9. The van der Waals surface area contributed by atoms with Crippen molar-refractivity contribution < 1.29 is 20.1 Å². The molecule has 0 aliphatic heterocycles. The van der Waals surface area contributed by atoms with E-state index in [-0.39, 0.29) is 6.54 Å². The number of terminal acetylenes is 1. The molecule has 0 amide bonds. The van der Waals surface area contributed by atoms with Crippen molar-refractivity contribution in [2.24, 2.45) is 0 Å². The van der Waals surface area contributed by atoms with Crippen molar-refractivity contribution in [2.75, 3.05) is 44.0 Å². The minimum Gasteiger partial charge on any atom is -0.386 e. The number of hydrogen-bond acceptors (Lipinski definition) is 8. The number of hydrogen-bond donors (Lipinski definition) is 6. The number of methoxy groups -OCH3 is 1. The summed E-state index contributed by atoms with van der Waals surface area (Å²) in [6, 6.07) is 18.2. The highest BCUT2D eigenvalue weighted by Gasteiger charge is 2.16. The molecule has 0 saturated heterocycles. The first-order valence-electron chi connectivity index (χ1n) is 13.1. The van der Waals surface area contributed by atoms with E-state index < -0.39 is 18.7 Å². The van der Waals surface area contributed by atoms with E-state index in [9.17, 15) is 10.2 Å². The van der Waals surface area contributed by atoms with Crippen molar-refractivity contribution in [3.05, 3.63) is 84.5 Å². The Labute approximate surface area is 235 Å². The van der Waals surface area contributed by atoms with Crippen molar-refractivity contribution in [3.63, 3.8) is 0 Å². The molecule has 39 heavy (non-hydrogen) atoms. The summed E-state index contributed by atoms with van der Waals surface area (Å²) in [4.78, 5) is 2.12. The Hall–Kier alpha value is -3.16. The Kier molecular flexibility index (Phi) is 22.0. The molecule has 0 heterocycles. The second kappa shape index (κ2) is 23.9. The molecule has 2 aromatic carbocycles. The quantitative estimate of drug-likeness (QED) is 0.115. The highest BCUT2D eigenvalue weighted by molar-refractivity contribution is 5.69. The van der Waals surface area contributed by atoms with Gasteiger partial charge in [-0.2, -0.15) is 0 Å². The molecule has 0 saturated carbocycles. The fraction of sp³-hybridized carbons (Fsp3) is 0.419. The number of ether oxygens (including phenoxy) is 1. The maximum Gasteiger partial charge on any atom is 0.157 e. The van der Waals surface area contributed by atoms with Crippen LogP contribution in [0, 0.1) is 12.3 Å². The van der Waals surface area contributed by atoms with Crippen molar-refractivity contribution in [1.82, 2.24) is 10.6 Å². The molecular weight excluding hydrogens is 492 g/mol. The molecule has 0 aliphatic carbocycles. The molecule has 0 radical (unpaired) electrons. The van der Waals surface area contributed by atoms with Crippen LogP contribution in [0.1, 0.15) is 32.8 Å². The van der Waals surface area contributed by atoms with Gasteiger partial charge < -0.3 is 30.3 Å².